The second kappa shape index (κ2) is 7.69. The maximum Gasteiger partial charge on any atom is 0.244 e. The first-order valence-corrected chi connectivity index (χ1v) is 8.25. The van der Waals surface area contributed by atoms with Crippen LogP contribution >= 0.6 is 0 Å². The number of rotatable bonds is 7. The van der Waals surface area contributed by atoms with Crippen LogP contribution in [0.1, 0.15) is 12.0 Å². The third-order valence-corrected chi connectivity index (χ3v) is 3.57. The molecule has 0 heterocycles. The summed E-state index contributed by atoms with van der Waals surface area (Å²) in [5.74, 6) is 0.502. The lowest BCUT2D eigenvalue weighted by atomic mass is 10.2. The van der Waals surface area contributed by atoms with Crippen molar-refractivity contribution < 1.29 is 17.9 Å². The van der Waals surface area contributed by atoms with Gasteiger partial charge in [0.05, 0.1) is 12.9 Å². The van der Waals surface area contributed by atoms with Crippen LogP contribution in [-0.2, 0) is 14.6 Å². The smallest absolute Gasteiger partial charge is 0.244 e. The van der Waals surface area contributed by atoms with E-state index in [1.54, 1.807) is 13.2 Å². The Kier molecular flexibility index (Phi) is 6.24. The van der Waals surface area contributed by atoms with E-state index in [4.69, 9.17) is 4.74 Å². The minimum atomic E-state index is -2.97. The molecule has 0 atom stereocenters. The Bertz CT molecular complexity index is 579. The standard InChI is InChI=1S/C14H19NO4S/c1-19-13-7-4-3-6-12(13)8-9-14(16)15-10-5-11-20(2,17)18/h3-4,6-9H,5,10-11H2,1-2H3,(H,15,16). The molecule has 0 aromatic heterocycles. The first-order chi connectivity index (χ1) is 9.42. The van der Waals surface area contributed by atoms with Crippen molar-refractivity contribution in [2.75, 3.05) is 25.7 Å². The number of nitrogens with one attached hydrogen (secondary N) is 1. The van der Waals surface area contributed by atoms with Crippen LogP contribution in [0.15, 0.2) is 30.3 Å². The van der Waals surface area contributed by atoms with Crippen LogP contribution < -0.4 is 10.1 Å². The normalized spacial score (nSPS) is 11.5. The van der Waals surface area contributed by atoms with Crippen LogP contribution in [0, 0.1) is 0 Å². The zero-order valence-electron chi connectivity index (χ0n) is 11.6. The highest BCUT2D eigenvalue weighted by atomic mass is 32.2. The van der Waals surface area contributed by atoms with Crippen molar-refractivity contribution in [2.45, 2.75) is 6.42 Å². The van der Waals surface area contributed by atoms with E-state index >= 15 is 0 Å². The fraction of sp³-hybridized carbons (Fsp3) is 0.357. The van der Waals surface area contributed by atoms with Gasteiger partial charge in [0, 0.05) is 24.4 Å². The van der Waals surface area contributed by atoms with Crippen LogP contribution in [0.25, 0.3) is 6.08 Å². The summed E-state index contributed by atoms with van der Waals surface area (Å²) in [6.45, 7) is 0.335. The van der Waals surface area contributed by atoms with E-state index in [1.807, 2.05) is 24.3 Å². The summed E-state index contributed by atoms with van der Waals surface area (Å²) < 4.78 is 27.0. The first-order valence-electron chi connectivity index (χ1n) is 6.19. The molecule has 1 aromatic carbocycles. The number of carbonyl (C=O) groups is 1. The highest BCUT2D eigenvalue weighted by molar-refractivity contribution is 7.90. The minimum Gasteiger partial charge on any atom is -0.496 e. The van der Waals surface area contributed by atoms with Gasteiger partial charge < -0.3 is 10.1 Å². The molecule has 0 aliphatic rings. The minimum absolute atomic E-state index is 0.0729. The number of methoxy groups -OCH3 is 1. The van der Waals surface area contributed by atoms with E-state index in [9.17, 15) is 13.2 Å². The van der Waals surface area contributed by atoms with E-state index < -0.39 is 9.84 Å². The molecule has 0 fully saturated rings. The molecule has 5 nitrogen and oxygen atoms in total. The maximum absolute atomic E-state index is 11.6. The van der Waals surface area contributed by atoms with Gasteiger partial charge in [-0.1, -0.05) is 18.2 Å². The topological polar surface area (TPSA) is 72.5 Å². The summed E-state index contributed by atoms with van der Waals surface area (Å²) in [6, 6.07) is 7.35. The summed E-state index contributed by atoms with van der Waals surface area (Å²) in [4.78, 5) is 11.6. The molecule has 1 N–H and O–H groups in total. The second-order valence-electron chi connectivity index (χ2n) is 4.35. The van der Waals surface area contributed by atoms with Gasteiger partial charge in [-0.15, -0.1) is 0 Å². The molecule has 1 rings (SSSR count). The largest absolute Gasteiger partial charge is 0.496 e. The molecule has 6 heteroatoms. The fourth-order valence-electron chi connectivity index (χ4n) is 1.57. The molecule has 20 heavy (non-hydrogen) atoms. The molecular weight excluding hydrogens is 278 g/mol. The first kappa shape index (κ1) is 16.2. The number of hydrogen-bond donors (Lipinski definition) is 1. The average Bonchev–Trinajstić information content (AvgIpc) is 2.40. The Morgan fingerprint density at radius 1 is 1.35 bits per heavy atom. The molecular formula is C14H19NO4S. The molecule has 0 unspecified atom stereocenters. The van der Waals surface area contributed by atoms with Gasteiger partial charge in [-0.05, 0) is 18.6 Å². The van der Waals surface area contributed by atoms with E-state index in [2.05, 4.69) is 5.32 Å². The van der Waals surface area contributed by atoms with Crippen molar-refractivity contribution in [1.29, 1.82) is 0 Å². The van der Waals surface area contributed by atoms with Crippen LogP contribution in [0.2, 0.25) is 0 Å². The summed E-state index contributed by atoms with van der Waals surface area (Å²) in [5, 5.41) is 2.63. The summed E-state index contributed by atoms with van der Waals surface area (Å²) in [5.41, 5.74) is 0.807. The van der Waals surface area contributed by atoms with Crippen molar-refractivity contribution in [3.63, 3.8) is 0 Å². The maximum atomic E-state index is 11.6. The van der Waals surface area contributed by atoms with Gasteiger partial charge in [-0.3, -0.25) is 4.79 Å². The third-order valence-electron chi connectivity index (χ3n) is 2.54. The predicted octanol–water partition coefficient (Wildman–Crippen LogP) is 1.26. The van der Waals surface area contributed by atoms with Crippen molar-refractivity contribution in [3.8, 4) is 5.75 Å². The Balaban J connectivity index is 2.44. The van der Waals surface area contributed by atoms with Crippen molar-refractivity contribution in [1.82, 2.24) is 5.32 Å². The van der Waals surface area contributed by atoms with Gasteiger partial charge in [0.25, 0.3) is 0 Å². The molecule has 0 aliphatic carbocycles. The van der Waals surface area contributed by atoms with E-state index in [0.717, 1.165) is 5.56 Å². The highest BCUT2D eigenvalue weighted by Crippen LogP contribution is 2.18. The summed E-state index contributed by atoms with van der Waals surface area (Å²) >= 11 is 0. The molecule has 1 aromatic rings. The fourth-order valence-corrected chi connectivity index (χ4v) is 2.24. The van der Waals surface area contributed by atoms with E-state index in [0.29, 0.717) is 18.7 Å². The summed E-state index contributed by atoms with van der Waals surface area (Å²) in [7, 11) is -1.40. The molecule has 0 saturated heterocycles. The zero-order valence-corrected chi connectivity index (χ0v) is 12.4. The number of para-hydroxylation sites is 1. The van der Waals surface area contributed by atoms with Crippen LogP contribution in [0.3, 0.4) is 0 Å². The molecule has 1 amide bonds. The van der Waals surface area contributed by atoms with E-state index in [1.165, 1.54) is 12.3 Å². The third kappa shape index (κ3) is 6.38. The number of hydrogen-bond acceptors (Lipinski definition) is 4. The van der Waals surface area contributed by atoms with Crippen LogP contribution in [0.4, 0.5) is 0 Å². The van der Waals surface area contributed by atoms with Crippen molar-refractivity contribution in [2.24, 2.45) is 0 Å². The predicted molar refractivity (Wildman–Crippen MR) is 79.4 cm³/mol. The summed E-state index contributed by atoms with van der Waals surface area (Å²) in [6.07, 6.45) is 4.65. The lowest BCUT2D eigenvalue weighted by Crippen LogP contribution is -2.23. The number of sulfone groups is 1. The molecule has 0 radical (unpaired) electrons. The number of amides is 1. The van der Waals surface area contributed by atoms with Crippen LogP contribution in [-0.4, -0.2) is 40.0 Å². The van der Waals surface area contributed by atoms with Gasteiger partial charge in [-0.25, -0.2) is 8.42 Å². The Morgan fingerprint density at radius 3 is 2.70 bits per heavy atom. The zero-order chi connectivity index (χ0) is 15.0. The van der Waals surface area contributed by atoms with Crippen molar-refractivity contribution >= 4 is 21.8 Å². The Hall–Kier alpha value is -1.82. The number of carbonyl (C=O) groups excluding carboxylic acids is 1. The SMILES string of the molecule is COc1ccccc1C=CC(=O)NCCCS(C)(=O)=O. The average molecular weight is 297 g/mol. The molecule has 0 bridgehead atoms. The van der Waals surface area contributed by atoms with Gasteiger partial charge in [0.1, 0.15) is 15.6 Å². The van der Waals surface area contributed by atoms with Crippen molar-refractivity contribution in [3.05, 3.63) is 35.9 Å². The van der Waals surface area contributed by atoms with Gasteiger partial charge in [0.2, 0.25) is 5.91 Å². The number of ether oxygens (including phenoxy) is 1. The van der Waals surface area contributed by atoms with Gasteiger partial charge in [-0.2, -0.15) is 0 Å². The Morgan fingerprint density at radius 2 is 2.05 bits per heavy atom. The molecule has 0 spiro atoms. The van der Waals surface area contributed by atoms with Gasteiger partial charge in [0.15, 0.2) is 0 Å². The molecule has 0 saturated carbocycles. The monoisotopic (exact) mass is 297 g/mol. The van der Waals surface area contributed by atoms with Gasteiger partial charge >= 0.3 is 0 Å². The lowest BCUT2D eigenvalue weighted by molar-refractivity contribution is -0.116. The molecule has 110 valence electrons. The number of benzene rings is 1. The molecule has 0 aliphatic heterocycles. The van der Waals surface area contributed by atoms with E-state index in [-0.39, 0.29) is 11.7 Å². The second-order valence-corrected chi connectivity index (χ2v) is 6.61. The Labute approximate surface area is 119 Å². The lowest BCUT2D eigenvalue weighted by Gasteiger charge is -2.04. The highest BCUT2D eigenvalue weighted by Gasteiger charge is 2.02. The van der Waals surface area contributed by atoms with Crippen LogP contribution in [0.5, 0.6) is 5.75 Å². The quantitative estimate of drug-likeness (QED) is 0.607.